The van der Waals surface area contributed by atoms with Crippen LogP contribution in [0.25, 0.3) is 16.6 Å². The second kappa shape index (κ2) is 7.49. The molecule has 1 atom stereocenters. The number of halogens is 1. The van der Waals surface area contributed by atoms with E-state index in [0.29, 0.717) is 22.1 Å². The molecule has 6 nitrogen and oxygen atoms in total. The number of fused-ring (bicyclic) bond motifs is 2. The van der Waals surface area contributed by atoms with Gasteiger partial charge >= 0.3 is 0 Å². The number of aromatic nitrogens is 1. The SMILES string of the molecule is Cn1c(C(=O)Nc2ccc(C3=C4C=CC=CC4C(=O)N=N3)cc2)cc2cc(Cl)ccc21. The normalized spacial score (nSPS) is 17.4. The van der Waals surface area contributed by atoms with E-state index in [4.69, 9.17) is 11.6 Å². The Hall–Kier alpha value is -3.77. The van der Waals surface area contributed by atoms with Crippen molar-refractivity contribution in [3.8, 4) is 0 Å². The third-order valence-corrected chi connectivity index (χ3v) is 5.70. The van der Waals surface area contributed by atoms with E-state index in [1.54, 1.807) is 6.07 Å². The van der Waals surface area contributed by atoms with E-state index in [9.17, 15) is 9.59 Å². The third kappa shape index (κ3) is 3.41. The maximum absolute atomic E-state index is 12.8. The second-order valence-corrected chi connectivity index (χ2v) is 7.82. The number of azo groups is 1. The van der Waals surface area contributed by atoms with Crippen LogP contribution in [0.1, 0.15) is 16.1 Å². The van der Waals surface area contributed by atoms with Gasteiger partial charge in [-0.05, 0) is 42.0 Å². The van der Waals surface area contributed by atoms with Gasteiger partial charge in [0.2, 0.25) is 0 Å². The highest BCUT2D eigenvalue weighted by Crippen LogP contribution is 2.34. The molecule has 1 aliphatic heterocycles. The summed E-state index contributed by atoms with van der Waals surface area (Å²) in [6.45, 7) is 0. The minimum Gasteiger partial charge on any atom is -0.340 e. The molecule has 7 heteroatoms. The number of aryl methyl sites for hydroxylation is 1. The molecule has 2 amide bonds. The fourth-order valence-corrected chi connectivity index (χ4v) is 4.05. The van der Waals surface area contributed by atoms with Crippen molar-refractivity contribution in [1.29, 1.82) is 0 Å². The molecule has 31 heavy (non-hydrogen) atoms. The molecule has 2 aliphatic rings. The van der Waals surface area contributed by atoms with E-state index in [-0.39, 0.29) is 11.8 Å². The summed E-state index contributed by atoms with van der Waals surface area (Å²) in [7, 11) is 1.85. The Balaban J connectivity index is 1.40. The molecule has 0 radical (unpaired) electrons. The maximum Gasteiger partial charge on any atom is 0.276 e. The first kappa shape index (κ1) is 19.2. The van der Waals surface area contributed by atoms with Crippen LogP contribution in [0.15, 0.2) is 88.6 Å². The van der Waals surface area contributed by atoms with Gasteiger partial charge in [-0.3, -0.25) is 9.59 Å². The lowest BCUT2D eigenvalue weighted by Gasteiger charge is -2.19. The number of carbonyl (C=O) groups is 2. The van der Waals surface area contributed by atoms with Crippen LogP contribution in [-0.2, 0) is 11.8 Å². The summed E-state index contributed by atoms with van der Waals surface area (Å²) >= 11 is 6.06. The monoisotopic (exact) mass is 428 g/mol. The minimum atomic E-state index is -0.392. The summed E-state index contributed by atoms with van der Waals surface area (Å²) < 4.78 is 1.84. The summed E-state index contributed by atoms with van der Waals surface area (Å²) in [5, 5.41) is 12.4. The van der Waals surface area contributed by atoms with Gasteiger partial charge in [-0.2, -0.15) is 0 Å². The predicted molar refractivity (Wildman–Crippen MR) is 121 cm³/mol. The van der Waals surface area contributed by atoms with Crippen LogP contribution in [0, 0.1) is 5.92 Å². The fraction of sp³-hybridized carbons (Fsp3) is 0.0833. The number of carbonyl (C=O) groups excluding carboxylic acids is 2. The third-order valence-electron chi connectivity index (χ3n) is 5.47. The summed E-state index contributed by atoms with van der Waals surface area (Å²) in [6, 6.07) is 14.7. The molecule has 1 aliphatic carbocycles. The largest absolute Gasteiger partial charge is 0.340 e. The quantitative estimate of drug-likeness (QED) is 0.595. The zero-order chi connectivity index (χ0) is 21.5. The molecule has 1 N–H and O–H groups in total. The van der Waals surface area contributed by atoms with Crippen molar-refractivity contribution in [3.05, 3.63) is 94.7 Å². The van der Waals surface area contributed by atoms with E-state index in [0.717, 1.165) is 22.0 Å². The minimum absolute atomic E-state index is 0.215. The van der Waals surface area contributed by atoms with Crippen molar-refractivity contribution >= 4 is 45.7 Å². The van der Waals surface area contributed by atoms with Crippen molar-refractivity contribution in [2.45, 2.75) is 0 Å². The highest BCUT2D eigenvalue weighted by Gasteiger charge is 2.27. The Morgan fingerprint density at radius 1 is 1.06 bits per heavy atom. The molecule has 0 bridgehead atoms. The zero-order valence-electron chi connectivity index (χ0n) is 16.5. The van der Waals surface area contributed by atoms with Gasteiger partial charge in [0.05, 0.1) is 11.6 Å². The van der Waals surface area contributed by atoms with Crippen molar-refractivity contribution in [2.75, 3.05) is 5.32 Å². The molecule has 0 saturated heterocycles. The standard InChI is InChI=1S/C24H17ClN4O2/c1-29-20-11-8-16(25)12-15(20)13-21(29)24(31)26-17-9-6-14(7-10-17)22-18-4-2-3-5-19(18)23(30)28-27-22/h2-13,19H,1H3,(H,26,31). The Bertz CT molecular complexity index is 1360. The lowest BCUT2D eigenvalue weighted by atomic mass is 9.89. The molecule has 0 spiro atoms. The number of amides is 2. The van der Waals surface area contributed by atoms with Gasteiger partial charge < -0.3 is 9.88 Å². The van der Waals surface area contributed by atoms with Gasteiger partial charge in [0.25, 0.3) is 11.8 Å². The topological polar surface area (TPSA) is 75.8 Å². The van der Waals surface area contributed by atoms with Gasteiger partial charge in [-0.25, -0.2) is 0 Å². The molecule has 1 unspecified atom stereocenters. The van der Waals surface area contributed by atoms with Gasteiger partial charge in [-0.1, -0.05) is 48.0 Å². The molecule has 2 heterocycles. The Morgan fingerprint density at radius 2 is 1.87 bits per heavy atom. The van der Waals surface area contributed by atoms with Crippen LogP contribution in [0.2, 0.25) is 5.02 Å². The van der Waals surface area contributed by atoms with E-state index < -0.39 is 5.92 Å². The van der Waals surface area contributed by atoms with Crippen molar-refractivity contribution in [1.82, 2.24) is 4.57 Å². The molecule has 0 fully saturated rings. The Morgan fingerprint density at radius 3 is 2.68 bits per heavy atom. The van der Waals surface area contributed by atoms with Crippen LogP contribution in [0.3, 0.4) is 0 Å². The molecule has 2 aromatic carbocycles. The first-order chi connectivity index (χ1) is 15.0. The average molecular weight is 429 g/mol. The van der Waals surface area contributed by atoms with Gasteiger partial charge in [0, 0.05) is 34.2 Å². The number of rotatable bonds is 3. The number of hydrogen-bond acceptors (Lipinski definition) is 3. The number of hydrogen-bond donors (Lipinski definition) is 1. The highest BCUT2D eigenvalue weighted by molar-refractivity contribution is 6.31. The first-order valence-electron chi connectivity index (χ1n) is 9.72. The molecule has 152 valence electrons. The average Bonchev–Trinajstić information content (AvgIpc) is 3.10. The summed E-state index contributed by atoms with van der Waals surface area (Å²) in [4.78, 5) is 24.8. The zero-order valence-corrected chi connectivity index (χ0v) is 17.3. The lowest BCUT2D eigenvalue weighted by Crippen LogP contribution is -2.17. The maximum atomic E-state index is 12.8. The lowest BCUT2D eigenvalue weighted by molar-refractivity contribution is -0.119. The van der Waals surface area contributed by atoms with E-state index in [1.165, 1.54) is 0 Å². The molecular formula is C24H17ClN4O2. The molecule has 1 aromatic heterocycles. The van der Waals surface area contributed by atoms with Crippen LogP contribution < -0.4 is 5.32 Å². The van der Waals surface area contributed by atoms with Crippen LogP contribution >= 0.6 is 11.6 Å². The number of benzene rings is 2. The van der Waals surface area contributed by atoms with Crippen LogP contribution in [-0.4, -0.2) is 16.4 Å². The van der Waals surface area contributed by atoms with Gasteiger partial charge in [-0.15, -0.1) is 10.2 Å². The van der Waals surface area contributed by atoms with Crippen molar-refractivity contribution in [2.24, 2.45) is 23.2 Å². The Kier molecular flexibility index (Phi) is 4.64. The van der Waals surface area contributed by atoms with Gasteiger partial charge in [0.15, 0.2) is 0 Å². The van der Waals surface area contributed by atoms with E-state index >= 15 is 0 Å². The predicted octanol–water partition coefficient (Wildman–Crippen LogP) is 5.53. The molecule has 0 saturated carbocycles. The molecular weight excluding hydrogens is 412 g/mol. The summed E-state index contributed by atoms with van der Waals surface area (Å²) in [5.41, 5.74) is 4.44. The van der Waals surface area contributed by atoms with Crippen LogP contribution in [0.4, 0.5) is 5.69 Å². The number of nitrogens with one attached hydrogen (secondary N) is 1. The number of allylic oxidation sites excluding steroid dienone is 3. The second-order valence-electron chi connectivity index (χ2n) is 7.39. The summed E-state index contributed by atoms with van der Waals surface area (Å²) in [6.07, 6.45) is 7.43. The fourth-order valence-electron chi connectivity index (χ4n) is 3.87. The van der Waals surface area contributed by atoms with Crippen LogP contribution in [0.5, 0.6) is 0 Å². The van der Waals surface area contributed by atoms with Crippen molar-refractivity contribution < 1.29 is 9.59 Å². The smallest absolute Gasteiger partial charge is 0.276 e. The van der Waals surface area contributed by atoms with Crippen molar-refractivity contribution in [3.63, 3.8) is 0 Å². The summed E-state index contributed by atoms with van der Waals surface area (Å²) in [5.74, 6) is -0.871. The van der Waals surface area contributed by atoms with E-state index in [2.05, 4.69) is 15.5 Å². The molecule has 3 aromatic rings. The van der Waals surface area contributed by atoms with Gasteiger partial charge in [0.1, 0.15) is 5.69 Å². The number of nitrogens with zero attached hydrogens (tertiary/aromatic N) is 3. The number of anilines is 1. The molecule has 5 rings (SSSR count). The Labute approximate surface area is 183 Å². The highest BCUT2D eigenvalue weighted by atomic mass is 35.5. The van der Waals surface area contributed by atoms with E-state index in [1.807, 2.05) is 78.4 Å². The first-order valence-corrected chi connectivity index (χ1v) is 10.1.